The molecule has 0 aliphatic carbocycles. The highest BCUT2D eigenvalue weighted by Gasteiger charge is 2.41. The van der Waals surface area contributed by atoms with E-state index in [0.717, 1.165) is 25.3 Å². The minimum Gasteiger partial charge on any atom is -0.497 e. The van der Waals surface area contributed by atoms with Gasteiger partial charge in [0, 0.05) is 18.7 Å². The maximum Gasteiger partial charge on any atom is 0.251 e. The maximum atomic E-state index is 12.2. The Morgan fingerprint density at radius 1 is 1.35 bits per heavy atom. The standard InChI is InChI=1S/C19H28N4O3/c1-3-20-19(23-16-12-15-7-8-17(16)26-15)22-10-9-21-18(24)13-5-4-6-14(11-13)25-2/h4-6,11,15-17H,3,7-10,12H2,1-2H3,(H,21,24)(H2,20,22,23). The predicted octanol–water partition coefficient (Wildman–Crippen LogP) is 1.30. The van der Waals surface area contributed by atoms with Crippen LogP contribution in [0.1, 0.15) is 36.5 Å². The molecule has 7 heteroatoms. The average Bonchev–Trinajstić information content (AvgIpc) is 3.28. The summed E-state index contributed by atoms with van der Waals surface area (Å²) in [6.45, 7) is 3.81. The van der Waals surface area contributed by atoms with Crippen molar-refractivity contribution in [3.8, 4) is 5.75 Å². The molecule has 26 heavy (non-hydrogen) atoms. The molecule has 3 rings (SSSR count). The van der Waals surface area contributed by atoms with Crippen molar-refractivity contribution in [1.82, 2.24) is 16.0 Å². The van der Waals surface area contributed by atoms with E-state index in [1.807, 2.05) is 13.0 Å². The molecule has 2 bridgehead atoms. The molecule has 1 amide bonds. The fourth-order valence-electron chi connectivity index (χ4n) is 3.49. The van der Waals surface area contributed by atoms with Gasteiger partial charge in [0.05, 0.1) is 31.9 Å². The quantitative estimate of drug-likeness (QED) is 0.388. The zero-order valence-corrected chi connectivity index (χ0v) is 15.5. The first-order chi connectivity index (χ1) is 12.7. The Bertz CT molecular complexity index is 649. The van der Waals surface area contributed by atoms with Crippen molar-refractivity contribution in [1.29, 1.82) is 0 Å². The van der Waals surface area contributed by atoms with Gasteiger partial charge in [0.1, 0.15) is 5.75 Å². The Kier molecular flexibility index (Phi) is 6.33. The third kappa shape index (κ3) is 4.66. The van der Waals surface area contributed by atoms with Crippen molar-refractivity contribution in [3.63, 3.8) is 0 Å². The lowest BCUT2D eigenvalue weighted by Crippen LogP contribution is -2.47. The summed E-state index contributed by atoms with van der Waals surface area (Å²) in [5.41, 5.74) is 0.581. The number of rotatable bonds is 7. The third-order valence-corrected chi connectivity index (χ3v) is 4.77. The highest BCUT2D eigenvalue weighted by molar-refractivity contribution is 5.94. The van der Waals surface area contributed by atoms with Gasteiger partial charge >= 0.3 is 0 Å². The average molecular weight is 360 g/mol. The number of guanidine groups is 1. The van der Waals surface area contributed by atoms with Gasteiger partial charge in [-0.1, -0.05) is 6.07 Å². The zero-order chi connectivity index (χ0) is 18.4. The van der Waals surface area contributed by atoms with Gasteiger partial charge < -0.3 is 25.4 Å². The smallest absolute Gasteiger partial charge is 0.251 e. The van der Waals surface area contributed by atoms with Crippen molar-refractivity contribution in [2.45, 2.75) is 44.4 Å². The van der Waals surface area contributed by atoms with Gasteiger partial charge in [-0.2, -0.15) is 0 Å². The van der Waals surface area contributed by atoms with Crippen molar-refractivity contribution in [3.05, 3.63) is 29.8 Å². The molecule has 0 radical (unpaired) electrons. The highest BCUT2D eigenvalue weighted by Crippen LogP contribution is 2.34. The molecule has 2 aliphatic heterocycles. The van der Waals surface area contributed by atoms with Crippen molar-refractivity contribution in [2.75, 3.05) is 26.7 Å². The Balaban J connectivity index is 1.46. The van der Waals surface area contributed by atoms with Crippen LogP contribution < -0.4 is 20.7 Å². The van der Waals surface area contributed by atoms with E-state index in [9.17, 15) is 4.79 Å². The van der Waals surface area contributed by atoms with Gasteiger partial charge in [0.15, 0.2) is 5.96 Å². The number of aliphatic imine (C=N–C) groups is 1. The Labute approximate surface area is 154 Å². The molecule has 2 heterocycles. The van der Waals surface area contributed by atoms with Crippen LogP contribution in [0.3, 0.4) is 0 Å². The molecule has 2 aliphatic rings. The highest BCUT2D eigenvalue weighted by atomic mass is 16.5. The number of amides is 1. The second-order valence-corrected chi connectivity index (χ2v) is 6.61. The summed E-state index contributed by atoms with van der Waals surface area (Å²) in [5.74, 6) is 1.32. The van der Waals surface area contributed by atoms with Crippen LogP contribution in [0.5, 0.6) is 5.75 Å². The van der Waals surface area contributed by atoms with Crippen LogP contribution in [0, 0.1) is 0 Å². The second-order valence-electron chi connectivity index (χ2n) is 6.61. The monoisotopic (exact) mass is 360 g/mol. The number of fused-ring (bicyclic) bond motifs is 2. The van der Waals surface area contributed by atoms with Crippen LogP contribution in [0.25, 0.3) is 0 Å². The maximum absolute atomic E-state index is 12.2. The summed E-state index contributed by atoms with van der Waals surface area (Å²) in [7, 11) is 1.59. The lowest BCUT2D eigenvalue weighted by molar-refractivity contribution is 0.0954. The number of ether oxygens (including phenoxy) is 2. The molecule has 1 aromatic carbocycles. The zero-order valence-electron chi connectivity index (χ0n) is 15.5. The van der Waals surface area contributed by atoms with Crippen LogP contribution in [-0.4, -0.2) is 56.9 Å². The molecular formula is C19H28N4O3. The number of hydrogen-bond donors (Lipinski definition) is 3. The lowest BCUT2D eigenvalue weighted by atomic mass is 9.96. The molecule has 142 valence electrons. The minimum absolute atomic E-state index is 0.126. The first-order valence-electron chi connectivity index (χ1n) is 9.32. The fourth-order valence-corrected chi connectivity index (χ4v) is 3.49. The molecule has 3 atom stereocenters. The van der Waals surface area contributed by atoms with Crippen molar-refractivity contribution >= 4 is 11.9 Å². The van der Waals surface area contributed by atoms with E-state index < -0.39 is 0 Å². The summed E-state index contributed by atoms with van der Waals surface area (Å²) in [4.78, 5) is 16.7. The van der Waals surface area contributed by atoms with Crippen LogP contribution in [0.2, 0.25) is 0 Å². The molecule has 3 N–H and O–H groups in total. The molecule has 7 nitrogen and oxygen atoms in total. The summed E-state index contributed by atoms with van der Waals surface area (Å²) in [6.07, 6.45) is 4.05. The van der Waals surface area contributed by atoms with E-state index >= 15 is 0 Å². The van der Waals surface area contributed by atoms with Crippen molar-refractivity contribution in [2.24, 2.45) is 4.99 Å². The Morgan fingerprint density at radius 3 is 2.92 bits per heavy atom. The number of carbonyl (C=O) groups excluding carboxylic acids is 1. The first-order valence-corrected chi connectivity index (χ1v) is 9.32. The number of nitrogens with zero attached hydrogens (tertiary/aromatic N) is 1. The first kappa shape index (κ1) is 18.5. The molecule has 0 saturated carbocycles. The largest absolute Gasteiger partial charge is 0.497 e. The number of benzene rings is 1. The van der Waals surface area contributed by atoms with Gasteiger partial charge in [-0.15, -0.1) is 0 Å². The van der Waals surface area contributed by atoms with Crippen LogP contribution in [-0.2, 0) is 4.74 Å². The molecule has 0 aromatic heterocycles. The minimum atomic E-state index is -0.126. The number of methoxy groups -OCH3 is 1. The summed E-state index contributed by atoms with van der Waals surface area (Å²) in [6, 6.07) is 7.44. The van der Waals surface area contributed by atoms with Crippen LogP contribution in [0.4, 0.5) is 0 Å². The topological polar surface area (TPSA) is 84.0 Å². The van der Waals surface area contributed by atoms with E-state index in [0.29, 0.717) is 42.7 Å². The SMILES string of the molecule is CCNC(=NCCNC(=O)c1cccc(OC)c1)NC1CC2CCC1O2. The fraction of sp³-hybridized carbons (Fsp3) is 0.579. The van der Waals surface area contributed by atoms with Gasteiger partial charge in [-0.3, -0.25) is 9.79 Å². The number of hydrogen-bond acceptors (Lipinski definition) is 4. The van der Waals surface area contributed by atoms with E-state index in [1.165, 1.54) is 6.42 Å². The van der Waals surface area contributed by atoms with E-state index in [1.54, 1.807) is 25.3 Å². The molecule has 3 unspecified atom stereocenters. The molecule has 2 saturated heterocycles. The molecule has 2 fully saturated rings. The van der Waals surface area contributed by atoms with Crippen molar-refractivity contribution < 1.29 is 14.3 Å². The number of carbonyl (C=O) groups is 1. The molecule has 1 aromatic rings. The Morgan fingerprint density at radius 2 is 2.23 bits per heavy atom. The van der Waals surface area contributed by atoms with Gasteiger partial charge in [0.25, 0.3) is 5.91 Å². The second kappa shape index (κ2) is 8.89. The van der Waals surface area contributed by atoms with E-state index in [4.69, 9.17) is 9.47 Å². The normalized spacial score (nSPS) is 24.4. The molecule has 0 spiro atoms. The van der Waals surface area contributed by atoms with Gasteiger partial charge in [-0.05, 0) is 44.4 Å². The Hall–Kier alpha value is -2.28. The lowest BCUT2D eigenvalue weighted by Gasteiger charge is -2.22. The summed E-state index contributed by atoms with van der Waals surface area (Å²) in [5, 5.41) is 9.61. The third-order valence-electron chi connectivity index (χ3n) is 4.77. The van der Waals surface area contributed by atoms with Gasteiger partial charge in [-0.25, -0.2) is 0 Å². The van der Waals surface area contributed by atoms with E-state index in [-0.39, 0.29) is 5.91 Å². The van der Waals surface area contributed by atoms with E-state index in [2.05, 4.69) is 20.9 Å². The molecular weight excluding hydrogens is 332 g/mol. The van der Waals surface area contributed by atoms with Gasteiger partial charge in [0.2, 0.25) is 0 Å². The number of nitrogens with one attached hydrogen (secondary N) is 3. The van der Waals surface area contributed by atoms with Crippen LogP contribution >= 0.6 is 0 Å². The predicted molar refractivity (Wildman–Crippen MR) is 101 cm³/mol. The summed E-state index contributed by atoms with van der Waals surface area (Å²) >= 11 is 0. The summed E-state index contributed by atoms with van der Waals surface area (Å²) < 4.78 is 11.0. The van der Waals surface area contributed by atoms with Crippen LogP contribution in [0.15, 0.2) is 29.3 Å².